The van der Waals surface area contributed by atoms with Crippen LogP contribution in [0, 0.1) is 19.8 Å². The fraction of sp³-hybridized carbons (Fsp3) is 0.417. The number of aryl methyl sites for hydroxylation is 2. The molecule has 1 rings (SSSR count). The van der Waals surface area contributed by atoms with E-state index in [1.807, 2.05) is 32.9 Å². The van der Waals surface area contributed by atoms with Crippen LogP contribution in [0.25, 0.3) is 0 Å². The van der Waals surface area contributed by atoms with Crippen molar-refractivity contribution in [1.82, 2.24) is 0 Å². The van der Waals surface area contributed by atoms with Crippen LogP contribution in [0.5, 0.6) is 5.75 Å². The average Bonchev–Trinajstić information content (AvgIpc) is 2.26. The van der Waals surface area contributed by atoms with Gasteiger partial charge in [-0.2, -0.15) is 0 Å². The third-order valence-corrected chi connectivity index (χ3v) is 2.74. The lowest BCUT2D eigenvalue weighted by atomic mass is 10.1. The van der Waals surface area contributed by atoms with Gasteiger partial charge in [-0.3, -0.25) is 0 Å². The highest BCUT2D eigenvalue weighted by molar-refractivity contribution is 6.30. The molecular weight excluding hydrogens is 240 g/mol. The molecule has 0 bridgehead atoms. The van der Waals surface area contributed by atoms with Crippen molar-refractivity contribution in [2.45, 2.75) is 20.8 Å². The van der Waals surface area contributed by atoms with E-state index in [0.717, 1.165) is 16.9 Å². The molecule has 0 aliphatic carbocycles. The van der Waals surface area contributed by atoms with Gasteiger partial charge in [0.15, 0.2) is 0 Å². The molecule has 0 aliphatic rings. The molecule has 0 heterocycles. The van der Waals surface area contributed by atoms with Crippen LogP contribution in [0.2, 0.25) is 5.02 Å². The lowest BCUT2D eigenvalue weighted by molar-refractivity contribution is 0.276. The SMILES string of the molecule is Cc1cc(Cl)cc(C)c1OCC(C)/C(N)=N/O. The normalized spacial score (nSPS) is 13.5. The van der Waals surface area contributed by atoms with Gasteiger partial charge >= 0.3 is 0 Å². The van der Waals surface area contributed by atoms with Crippen LogP contribution < -0.4 is 10.5 Å². The number of oxime groups is 1. The maximum Gasteiger partial charge on any atom is 0.145 e. The Morgan fingerprint density at radius 2 is 2.00 bits per heavy atom. The standard InChI is InChI=1S/C12H17ClN2O2/c1-7-4-10(13)5-8(2)11(7)17-6-9(3)12(14)15-16/h4-5,9,16H,6H2,1-3H3,(H2,14,15). The second-order valence-corrected chi connectivity index (χ2v) is 4.54. The van der Waals surface area contributed by atoms with Crippen molar-refractivity contribution < 1.29 is 9.94 Å². The summed E-state index contributed by atoms with van der Waals surface area (Å²) in [7, 11) is 0. The van der Waals surface area contributed by atoms with Gasteiger partial charge in [0.25, 0.3) is 0 Å². The van der Waals surface area contributed by atoms with Crippen LogP contribution in [-0.2, 0) is 0 Å². The summed E-state index contributed by atoms with van der Waals surface area (Å²) in [6.45, 7) is 6.06. The Labute approximate surface area is 106 Å². The van der Waals surface area contributed by atoms with Crippen molar-refractivity contribution >= 4 is 17.4 Å². The number of amidine groups is 1. The van der Waals surface area contributed by atoms with Gasteiger partial charge in [-0.15, -0.1) is 0 Å². The van der Waals surface area contributed by atoms with E-state index < -0.39 is 0 Å². The molecule has 0 spiro atoms. The van der Waals surface area contributed by atoms with E-state index in [1.165, 1.54) is 0 Å². The second kappa shape index (κ2) is 5.77. The fourth-order valence-corrected chi connectivity index (χ4v) is 1.84. The first kappa shape index (κ1) is 13.6. The summed E-state index contributed by atoms with van der Waals surface area (Å²) in [5, 5.41) is 12.2. The Kier molecular flexibility index (Phi) is 4.63. The van der Waals surface area contributed by atoms with Gasteiger partial charge in [0.1, 0.15) is 11.6 Å². The minimum Gasteiger partial charge on any atom is -0.492 e. The number of rotatable bonds is 4. The maximum atomic E-state index is 8.54. The van der Waals surface area contributed by atoms with Gasteiger partial charge in [-0.05, 0) is 37.1 Å². The summed E-state index contributed by atoms with van der Waals surface area (Å²) in [5.74, 6) is 0.815. The zero-order chi connectivity index (χ0) is 13.0. The van der Waals surface area contributed by atoms with E-state index in [1.54, 1.807) is 0 Å². The van der Waals surface area contributed by atoms with Crippen LogP contribution in [0.4, 0.5) is 0 Å². The number of hydrogen-bond acceptors (Lipinski definition) is 3. The van der Waals surface area contributed by atoms with Crippen molar-refractivity contribution in [1.29, 1.82) is 0 Å². The third-order valence-electron chi connectivity index (χ3n) is 2.52. The Morgan fingerprint density at radius 3 is 2.47 bits per heavy atom. The highest BCUT2D eigenvalue weighted by Crippen LogP contribution is 2.27. The van der Waals surface area contributed by atoms with E-state index in [2.05, 4.69) is 5.16 Å². The zero-order valence-electron chi connectivity index (χ0n) is 10.2. The predicted octanol–water partition coefficient (Wildman–Crippen LogP) is 2.72. The summed E-state index contributed by atoms with van der Waals surface area (Å²) in [6, 6.07) is 3.69. The molecule has 0 fully saturated rings. The van der Waals surface area contributed by atoms with Gasteiger partial charge < -0.3 is 15.7 Å². The molecule has 1 atom stereocenters. The van der Waals surface area contributed by atoms with Crippen LogP contribution in [0.15, 0.2) is 17.3 Å². The van der Waals surface area contributed by atoms with E-state index in [-0.39, 0.29) is 11.8 Å². The van der Waals surface area contributed by atoms with Crippen molar-refractivity contribution in [3.8, 4) is 5.75 Å². The Morgan fingerprint density at radius 1 is 1.47 bits per heavy atom. The smallest absolute Gasteiger partial charge is 0.145 e. The van der Waals surface area contributed by atoms with E-state index >= 15 is 0 Å². The minimum atomic E-state index is -0.144. The van der Waals surface area contributed by atoms with E-state index in [9.17, 15) is 0 Å². The van der Waals surface area contributed by atoms with Crippen molar-refractivity contribution in [2.75, 3.05) is 6.61 Å². The summed E-state index contributed by atoms with van der Waals surface area (Å²) in [6.07, 6.45) is 0. The van der Waals surface area contributed by atoms with Gasteiger partial charge in [0, 0.05) is 5.02 Å². The molecule has 0 saturated heterocycles. The Balaban J connectivity index is 2.76. The number of halogens is 1. The molecule has 0 aliphatic heterocycles. The number of nitrogens with two attached hydrogens (primary N) is 1. The molecule has 4 nitrogen and oxygen atoms in total. The summed E-state index contributed by atoms with van der Waals surface area (Å²) in [4.78, 5) is 0. The molecule has 0 saturated carbocycles. The van der Waals surface area contributed by atoms with Crippen molar-refractivity contribution in [3.63, 3.8) is 0 Å². The molecule has 17 heavy (non-hydrogen) atoms. The number of ether oxygens (including phenoxy) is 1. The maximum absolute atomic E-state index is 8.54. The second-order valence-electron chi connectivity index (χ2n) is 4.11. The third kappa shape index (κ3) is 3.53. The van der Waals surface area contributed by atoms with Crippen LogP contribution >= 0.6 is 11.6 Å². The highest BCUT2D eigenvalue weighted by atomic mass is 35.5. The van der Waals surface area contributed by atoms with Crippen molar-refractivity contribution in [2.24, 2.45) is 16.8 Å². The highest BCUT2D eigenvalue weighted by Gasteiger charge is 2.11. The molecule has 0 amide bonds. The Hall–Kier alpha value is -1.42. The molecule has 1 aromatic carbocycles. The quantitative estimate of drug-likeness (QED) is 0.377. The monoisotopic (exact) mass is 256 g/mol. The summed E-state index contributed by atoms with van der Waals surface area (Å²) < 4.78 is 5.68. The predicted molar refractivity (Wildman–Crippen MR) is 69.0 cm³/mol. The van der Waals surface area contributed by atoms with E-state index in [0.29, 0.717) is 11.6 Å². The van der Waals surface area contributed by atoms with Crippen LogP contribution in [0.3, 0.4) is 0 Å². The van der Waals surface area contributed by atoms with Gasteiger partial charge in [-0.1, -0.05) is 23.7 Å². The topological polar surface area (TPSA) is 67.8 Å². The zero-order valence-corrected chi connectivity index (χ0v) is 11.0. The lowest BCUT2D eigenvalue weighted by Crippen LogP contribution is -2.26. The number of nitrogens with zero attached hydrogens (tertiary/aromatic N) is 1. The first-order valence-electron chi connectivity index (χ1n) is 5.32. The number of benzene rings is 1. The first-order valence-corrected chi connectivity index (χ1v) is 5.70. The molecule has 0 aromatic heterocycles. The fourth-order valence-electron chi connectivity index (χ4n) is 1.52. The van der Waals surface area contributed by atoms with E-state index in [4.69, 9.17) is 27.3 Å². The summed E-state index contributed by atoms with van der Waals surface area (Å²) >= 11 is 5.93. The minimum absolute atomic E-state index is 0.144. The molecule has 94 valence electrons. The lowest BCUT2D eigenvalue weighted by Gasteiger charge is -2.15. The van der Waals surface area contributed by atoms with Gasteiger partial charge in [0.2, 0.25) is 0 Å². The average molecular weight is 257 g/mol. The molecule has 1 aromatic rings. The largest absolute Gasteiger partial charge is 0.492 e. The molecule has 5 heteroatoms. The Bertz CT molecular complexity index is 410. The summed E-state index contributed by atoms with van der Waals surface area (Å²) in [5.41, 5.74) is 7.43. The van der Waals surface area contributed by atoms with Gasteiger partial charge in [-0.25, -0.2) is 0 Å². The van der Waals surface area contributed by atoms with Crippen molar-refractivity contribution in [3.05, 3.63) is 28.3 Å². The number of hydrogen-bond donors (Lipinski definition) is 2. The molecular formula is C12H17ClN2O2. The first-order chi connectivity index (χ1) is 7.95. The van der Waals surface area contributed by atoms with Crippen LogP contribution in [-0.4, -0.2) is 17.6 Å². The molecule has 0 radical (unpaired) electrons. The molecule has 3 N–H and O–H groups in total. The molecule has 1 unspecified atom stereocenters. The van der Waals surface area contributed by atoms with Gasteiger partial charge in [0.05, 0.1) is 12.5 Å². The van der Waals surface area contributed by atoms with Crippen LogP contribution in [0.1, 0.15) is 18.1 Å².